The summed E-state index contributed by atoms with van der Waals surface area (Å²) in [4.78, 5) is 0. The average Bonchev–Trinajstić information content (AvgIpc) is 2.48. The zero-order chi connectivity index (χ0) is 15.5. The first-order chi connectivity index (χ1) is 9.97. The molecule has 1 aromatic rings. The molecule has 118 valence electrons. The van der Waals surface area contributed by atoms with Crippen LogP contribution in [0.4, 0.5) is 13.2 Å². The first-order valence-corrected chi connectivity index (χ1v) is 7.59. The fraction of sp³-hybridized carbons (Fsp3) is 0.625. The molecule has 0 heterocycles. The molecule has 3 unspecified atom stereocenters. The van der Waals surface area contributed by atoms with E-state index in [2.05, 4.69) is 5.43 Å². The summed E-state index contributed by atoms with van der Waals surface area (Å²) in [5.41, 5.74) is 4.62. The number of aryl methyl sites for hydroxylation is 1. The van der Waals surface area contributed by atoms with Crippen molar-refractivity contribution < 1.29 is 13.2 Å². The molecule has 1 fully saturated rings. The highest BCUT2D eigenvalue weighted by Gasteiger charge is 2.47. The van der Waals surface area contributed by atoms with E-state index in [1.165, 1.54) is 0 Å². The van der Waals surface area contributed by atoms with E-state index in [0.717, 1.165) is 24.0 Å². The van der Waals surface area contributed by atoms with E-state index in [4.69, 9.17) is 5.84 Å². The molecule has 0 bridgehead atoms. The smallest absolute Gasteiger partial charge is 0.271 e. The van der Waals surface area contributed by atoms with Crippen molar-refractivity contribution >= 4 is 0 Å². The number of hydrogen-bond donors (Lipinski definition) is 2. The van der Waals surface area contributed by atoms with E-state index >= 15 is 0 Å². The molecule has 1 saturated carbocycles. The van der Waals surface area contributed by atoms with Crippen molar-refractivity contribution in [1.29, 1.82) is 0 Å². The van der Waals surface area contributed by atoms with Crippen LogP contribution in [-0.4, -0.2) is 6.18 Å². The van der Waals surface area contributed by atoms with Gasteiger partial charge in [0.2, 0.25) is 0 Å². The minimum absolute atomic E-state index is 0.208. The van der Waals surface area contributed by atoms with Gasteiger partial charge in [0.05, 0.1) is 5.92 Å². The van der Waals surface area contributed by atoms with E-state index in [1.54, 1.807) is 0 Å². The van der Waals surface area contributed by atoms with Crippen LogP contribution in [0.15, 0.2) is 24.3 Å². The van der Waals surface area contributed by atoms with Gasteiger partial charge in [-0.2, -0.15) is 13.2 Å². The molecule has 0 aliphatic heterocycles. The van der Waals surface area contributed by atoms with Crippen LogP contribution in [0.5, 0.6) is 0 Å². The van der Waals surface area contributed by atoms with Gasteiger partial charge in [0, 0.05) is 6.04 Å². The summed E-state index contributed by atoms with van der Waals surface area (Å²) in [6.45, 7) is 2.03. The maximum absolute atomic E-state index is 13.3. The van der Waals surface area contributed by atoms with Gasteiger partial charge in [0.1, 0.15) is 0 Å². The second kappa shape index (κ2) is 6.79. The Morgan fingerprint density at radius 3 is 2.62 bits per heavy atom. The standard InChI is InChI=1S/C16H23F3N2/c1-2-11-6-5-7-12(10-11)15(21-20)13-8-3-4-9-14(13)16(17,18)19/h5-7,10,13-15,21H,2-4,8-9,20H2,1H3. The molecule has 2 nitrogen and oxygen atoms in total. The van der Waals surface area contributed by atoms with Crippen molar-refractivity contribution in [3.63, 3.8) is 0 Å². The number of halogens is 3. The van der Waals surface area contributed by atoms with Crippen LogP contribution in [0, 0.1) is 11.8 Å². The van der Waals surface area contributed by atoms with Crippen molar-refractivity contribution in [2.24, 2.45) is 17.7 Å². The number of nitrogens with one attached hydrogen (secondary N) is 1. The van der Waals surface area contributed by atoms with Crippen LogP contribution < -0.4 is 11.3 Å². The fourth-order valence-electron chi connectivity index (χ4n) is 3.44. The molecule has 3 N–H and O–H groups in total. The van der Waals surface area contributed by atoms with Gasteiger partial charge in [-0.15, -0.1) is 0 Å². The fourth-order valence-corrected chi connectivity index (χ4v) is 3.44. The van der Waals surface area contributed by atoms with Gasteiger partial charge in [-0.1, -0.05) is 44.0 Å². The Morgan fingerprint density at radius 2 is 2.00 bits per heavy atom. The van der Waals surface area contributed by atoms with Gasteiger partial charge < -0.3 is 0 Å². The molecule has 1 aliphatic carbocycles. The highest BCUT2D eigenvalue weighted by atomic mass is 19.4. The van der Waals surface area contributed by atoms with Crippen molar-refractivity contribution in [2.75, 3.05) is 0 Å². The zero-order valence-corrected chi connectivity index (χ0v) is 12.3. The van der Waals surface area contributed by atoms with Crippen LogP contribution in [0.25, 0.3) is 0 Å². The van der Waals surface area contributed by atoms with E-state index in [-0.39, 0.29) is 6.42 Å². The molecule has 21 heavy (non-hydrogen) atoms. The van der Waals surface area contributed by atoms with Crippen LogP contribution in [0.3, 0.4) is 0 Å². The number of hydrogen-bond acceptors (Lipinski definition) is 2. The lowest BCUT2D eigenvalue weighted by Gasteiger charge is -2.38. The van der Waals surface area contributed by atoms with Crippen LogP contribution in [-0.2, 0) is 6.42 Å². The van der Waals surface area contributed by atoms with Gasteiger partial charge >= 0.3 is 6.18 Å². The Morgan fingerprint density at radius 1 is 1.29 bits per heavy atom. The Labute approximate surface area is 123 Å². The molecule has 0 amide bonds. The summed E-state index contributed by atoms with van der Waals surface area (Å²) >= 11 is 0. The minimum Gasteiger partial charge on any atom is -0.271 e. The van der Waals surface area contributed by atoms with E-state index in [9.17, 15) is 13.2 Å². The van der Waals surface area contributed by atoms with Gasteiger partial charge in [-0.3, -0.25) is 11.3 Å². The predicted molar refractivity (Wildman–Crippen MR) is 77.4 cm³/mol. The average molecular weight is 300 g/mol. The van der Waals surface area contributed by atoms with E-state index in [0.29, 0.717) is 12.8 Å². The van der Waals surface area contributed by atoms with Crippen molar-refractivity contribution in [3.05, 3.63) is 35.4 Å². The molecule has 0 aromatic heterocycles. The van der Waals surface area contributed by atoms with E-state index < -0.39 is 24.1 Å². The maximum atomic E-state index is 13.3. The molecule has 5 heteroatoms. The lowest BCUT2D eigenvalue weighted by atomic mass is 9.73. The monoisotopic (exact) mass is 300 g/mol. The van der Waals surface area contributed by atoms with Gasteiger partial charge in [-0.25, -0.2) is 0 Å². The lowest BCUT2D eigenvalue weighted by Crippen LogP contribution is -2.43. The Balaban J connectivity index is 2.29. The highest BCUT2D eigenvalue weighted by molar-refractivity contribution is 5.27. The maximum Gasteiger partial charge on any atom is 0.392 e. The number of benzene rings is 1. The number of rotatable bonds is 4. The summed E-state index contributed by atoms with van der Waals surface area (Å²) in [6, 6.07) is 7.27. The minimum atomic E-state index is -4.15. The molecular weight excluding hydrogens is 277 g/mol. The van der Waals surface area contributed by atoms with Crippen molar-refractivity contribution in [2.45, 2.75) is 51.2 Å². The zero-order valence-electron chi connectivity index (χ0n) is 12.3. The molecule has 0 spiro atoms. The summed E-state index contributed by atoms with van der Waals surface area (Å²) in [5.74, 6) is 3.86. The Hall–Kier alpha value is -1.07. The second-order valence-corrected chi connectivity index (χ2v) is 5.84. The highest BCUT2D eigenvalue weighted by Crippen LogP contribution is 2.46. The number of nitrogens with two attached hydrogens (primary N) is 1. The van der Waals surface area contributed by atoms with Gasteiger partial charge in [0.15, 0.2) is 0 Å². The normalized spacial score (nSPS) is 24.8. The van der Waals surface area contributed by atoms with E-state index in [1.807, 2.05) is 31.2 Å². The third-order valence-electron chi connectivity index (χ3n) is 4.57. The summed E-state index contributed by atoms with van der Waals surface area (Å²) in [6.07, 6.45) is -1.04. The van der Waals surface area contributed by atoms with Gasteiger partial charge in [-0.05, 0) is 36.3 Å². The van der Waals surface area contributed by atoms with Crippen LogP contribution >= 0.6 is 0 Å². The molecule has 1 aliphatic rings. The third kappa shape index (κ3) is 3.77. The first kappa shape index (κ1) is 16.3. The summed E-state index contributed by atoms with van der Waals surface area (Å²) < 4.78 is 39.8. The SMILES string of the molecule is CCc1cccc(C(NN)C2CCCCC2C(F)(F)F)c1. The number of hydrazine groups is 1. The predicted octanol–water partition coefficient (Wildman–Crippen LogP) is 4.12. The molecule has 0 radical (unpaired) electrons. The first-order valence-electron chi connectivity index (χ1n) is 7.59. The Kier molecular flexibility index (Phi) is 5.27. The molecule has 0 saturated heterocycles. The van der Waals surface area contributed by atoms with Crippen molar-refractivity contribution in [3.8, 4) is 0 Å². The Bertz CT molecular complexity index is 459. The second-order valence-electron chi connectivity index (χ2n) is 5.84. The molecule has 3 atom stereocenters. The summed E-state index contributed by atoms with van der Waals surface area (Å²) in [5, 5.41) is 0. The topological polar surface area (TPSA) is 38.0 Å². The molecular formula is C16H23F3N2. The summed E-state index contributed by atoms with van der Waals surface area (Å²) in [7, 11) is 0. The third-order valence-corrected chi connectivity index (χ3v) is 4.57. The molecule has 2 rings (SSSR count). The largest absolute Gasteiger partial charge is 0.392 e. The van der Waals surface area contributed by atoms with Gasteiger partial charge in [0.25, 0.3) is 0 Å². The molecule has 1 aromatic carbocycles. The van der Waals surface area contributed by atoms with Crippen LogP contribution in [0.1, 0.15) is 49.8 Å². The van der Waals surface area contributed by atoms with Crippen LogP contribution in [0.2, 0.25) is 0 Å². The quantitative estimate of drug-likeness (QED) is 0.648. The number of alkyl halides is 3. The van der Waals surface area contributed by atoms with Crippen molar-refractivity contribution in [1.82, 2.24) is 5.43 Å². The lowest BCUT2D eigenvalue weighted by molar-refractivity contribution is -0.199.